The molecule has 0 amide bonds. The molecule has 0 spiro atoms. The van der Waals surface area contributed by atoms with Gasteiger partial charge in [0.15, 0.2) is 11.5 Å². The Hall–Kier alpha value is -2.07. The number of nitrogens with zero attached hydrogens (tertiary/aromatic N) is 3. The van der Waals surface area contributed by atoms with Crippen molar-refractivity contribution >= 4 is 22.9 Å². The van der Waals surface area contributed by atoms with Gasteiger partial charge in [-0.25, -0.2) is 0 Å². The SMILES string of the molecule is Cc1ccn2c(-c3cc(N)ccc3Cl)nnc2c1. The summed E-state index contributed by atoms with van der Waals surface area (Å²) in [5.74, 6) is 0.697. The fourth-order valence-electron chi connectivity index (χ4n) is 1.89. The van der Waals surface area contributed by atoms with Crippen molar-refractivity contribution in [2.75, 3.05) is 5.73 Å². The van der Waals surface area contributed by atoms with Crippen molar-refractivity contribution in [3.05, 3.63) is 47.1 Å². The molecule has 2 N–H and O–H groups in total. The van der Waals surface area contributed by atoms with Crippen molar-refractivity contribution in [2.45, 2.75) is 6.92 Å². The fraction of sp³-hybridized carbons (Fsp3) is 0.0769. The first-order chi connectivity index (χ1) is 8.65. The number of anilines is 1. The van der Waals surface area contributed by atoms with Crippen LogP contribution < -0.4 is 5.73 Å². The molecule has 0 bridgehead atoms. The Kier molecular flexibility index (Phi) is 2.45. The van der Waals surface area contributed by atoms with Gasteiger partial charge in [-0.3, -0.25) is 4.40 Å². The average Bonchev–Trinajstić information content (AvgIpc) is 2.75. The third-order valence-corrected chi connectivity index (χ3v) is 3.13. The van der Waals surface area contributed by atoms with E-state index >= 15 is 0 Å². The molecule has 4 nitrogen and oxygen atoms in total. The van der Waals surface area contributed by atoms with E-state index in [9.17, 15) is 0 Å². The van der Waals surface area contributed by atoms with Crippen LogP contribution in [0.5, 0.6) is 0 Å². The van der Waals surface area contributed by atoms with Crippen molar-refractivity contribution in [2.24, 2.45) is 0 Å². The molecule has 3 aromatic rings. The van der Waals surface area contributed by atoms with Crippen molar-refractivity contribution in [3.8, 4) is 11.4 Å². The summed E-state index contributed by atoms with van der Waals surface area (Å²) in [4.78, 5) is 0. The number of nitrogens with two attached hydrogens (primary N) is 1. The van der Waals surface area contributed by atoms with Crippen molar-refractivity contribution in [1.82, 2.24) is 14.6 Å². The Morgan fingerprint density at radius 1 is 1.17 bits per heavy atom. The molecule has 5 heteroatoms. The zero-order chi connectivity index (χ0) is 12.7. The number of benzene rings is 1. The minimum Gasteiger partial charge on any atom is -0.399 e. The molecule has 0 fully saturated rings. The Bertz CT molecular complexity index is 733. The number of halogens is 1. The van der Waals surface area contributed by atoms with Gasteiger partial charge in [0.05, 0.1) is 5.02 Å². The van der Waals surface area contributed by atoms with Crippen LogP contribution in [0.25, 0.3) is 17.0 Å². The van der Waals surface area contributed by atoms with E-state index < -0.39 is 0 Å². The molecule has 0 aliphatic heterocycles. The summed E-state index contributed by atoms with van der Waals surface area (Å²) in [5, 5.41) is 8.93. The van der Waals surface area contributed by atoms with Gasteiger partial charge in [0, 0.05) is 17.4 Å². The second-order valence-electron chi connectivity index (χ2n) is 4.20. The third kappa shape index (κ3) is 1.71. The highest BCUT2D eigenvalue weighted by atomic mass is 35.5. The van der Waals surface area contributed by atoms with E-state index in [2.05, 4.69) is 10.2 Å². The lowest BCUT2D eigenvalue weighted by Gasteiger charge is -2.04. The standard InChI is InChI=1S/C13H11ClN4/c1-8-4-5-18-12(6-8)16-17-13(18)10-7-9(15)2-3-11(10)14/h2-7H,15H2,1H3. The molecule has 2 aromatic heterocycles. The molecule has 0 atom stereocenters. The van der Waals surface area contributed by atoms with E-state index in [0.29, 0.717) is 16.5 Å². The fourth-order valence-corrected chi connectivity index (χ4v) is 2.09. The van der Waals surface area contributed by atoms with Gasteiger partial charge in [-0.15, -0.1) is 10.2 Å². The minimum atomic E-state index is 0.610. The van der Waals surface area contributed by atoms with E-state index in [4.69, 9.17) is 17.3 Å². The zero-order valence-electron chi connectivity index (χ0n) is 9.76. The highest BCUT2D eigenvalue weighted by Crippen LogP contribution is 2.28. The molecular weight excluding hydrogens is 248 g/mol. The number of aromatic nitrogens is 3. The van der Waals surface area contributed by atoms with Crippen molar-refractivity contribution in [1.29, 1.82) is 0 Å². The van der Waals surface area contributed by atoms with E-state index in [0.717, 1.165) is 16.8 Å². The molecule has 0 unspecified atom stereocenters. The van der Waals surface area contributed by atoms with Crippen molar-refractivity contribution < 1.29 is 0 Å². The van der Waals surface area contributed by atoms with Crippen LogP contribution in [0.4, 0.5) is 5.69 Å². The molecule has 0 aliphatic rings. The van der Waals surface area contributed by atoms with Crippen LogP contribution >= 0.6 is 11.6 Å². The Balaban J connectivity index is 2.28. The normalized spacial score (nSPS) is 11.0. The van der Waals surface area contributed by atoms with Gasteiger partial charge in [-0.05, 0) is 42.8 Å². The first-order valence-electron chi connectivity index (χ1n) is 5.52. The number of pyridine rings is 1. The largest absolute Gasteiger partial charge is 0.399 e. The van der Waals surface area contributed by atoms with Crippen LogP contribution in [0.15, 0.2) is 36.5 Å². The van der Waals surface area contributed by atoms with E-state index in [1.807, 2.05) is 29.7 Å². The first-order valence-corrected chi connectivity index (χ1v) is 5.90. The van der Waals surface area contributed by atoms with Gasteiger partial charge < -0.3 is 5.73 Å². The molecule has 0 saturated heterocycles. The molecule has 90 valence electrons. The molecule has 1 aromatic carbocycles. The summed E-state index contributed by atoms with van der Waals surface area (Å²) in [6, 6.07) is 9.30. The highest BCUT2D eigenvalue weighted by molar-refractivity contribution is 6.33. The first kappa shape index (κ1) is 11.0. The van der Waals surface area contributed by atoms with Crippen LogP contribution in [0.2, 0.25) is 5.02 Å². The summed E-state index contributed by atoms with van der Waals surface area (Å²) >= 11 is 6.18. The van der Waals surface area contributed by atoms with E-state index in [1.54, 1.807) is 18.2 Å². The molecule has 18 heavy (non-hydrogen) atoms. The summed E-state index contributed by atoms with van der Waals surface area (Å²) in [5.41, 5.74) is 9.16. The second kappa shape index (κ2) is 3.99. The number of hydrogen-bond acceptors (Lipinski definition) is 3. The van der Waals surface area contributed by atoms with E-state index in [-0.39, 0.29) is 0 Å². The smallest absolute Gasteiger partial charge is 0.169 e. The number of nitrogen functional groups attached to an aromatic ring is 1. The number of rotatable bonds is 1. The zero-order valence-corrected chi connectivity index (χ0v) is 10.5. The maximum atomic E-state index is 6.18. The Morgan fingerprint density at radius 2 is 2.00 bits per heavy atom. The summed E-state index contributed by atoms with van der Waals surface area (Å²) < 4.78 is 1.90. The summed E-state index contributed by atoms with van der Waals surface area (Å²) in [6.45, 7) is 2.02. The van der Waals surface area contributed by atoms with Gasteiger partial charge in [0.1, 0.15) is 0 Å². The Labute approximate surface area is 109 Å². The van der Waals surface area contributed by atoms with Gasteiger partial charge in [0.25, 0.3) is 0 Å². The van der Waals surface area contributed by atoms with Gasteiger partial charge in [-0.2, -0.15) is 0 Å². The lowest BCUT2D eigenvalue weighted by Crippen LogP contribution is -1.92. The molecule has 3 rings (SSSR count). The van der Waals surface area contributed by atoms with Crippen LogP contribution in [-0.4, -0.2) is 14.6 Å². The van der Waals surface area contributed by atoms with Gasteiger partial charge in [-0.1, -0.05) is 11.6 Å². The molecule has 2 heterocycles. The Morgan fingerprint density at radius 3 is 2.83 bits per heavy atom. The number of hydrogen-bond donors (Lipinski definition) is 1. The van der Waals surface area contributed by atoms with Crippen LogP contribution in [0.3, 0.4) is 0 Å². The molecule has 0 saturated carbocycles. The summed E-state index contributed by atoms with van der Waals surface area (Å²) in [7, 11) is 0. The van der Waals surface area contributed by atoms with Crippen LogP contribution in [0.1, 0.15) is 5.56 Å². The third-order valence-electron chi connectivity index (χ3n) is 2.80. The van der Waals surface area contributed by atoms with Gasteiger partial charge >= 0.3 is 0 Å². The molecular formula is C13H11ClN4. The number of aryl methyl sites for hydroxylation is 1. The molecule has 0 aliphatic carbocycles. The highest BCUT2D eigenvalue weighted by Gasteiger charge is 2.11. The average molecular weight is 259 g/mol. The monoisotopic (exact) mass is 258 g/mol. The van der Waals surface area contributed by atoms with Crippen molar-refractivity contribution in [3.63, 3.8) is 0 Å². The minimum absolute atomic E-state index is 0.610. The predicted molar refractivity (Wildman–Crippen MR) is 72.6 cm³/mol. The lowest BCUT2D eigenvalue weighted by atomic mass is 10.2. The van der Waals surface area contributed by atoms with Crippen LogP contribution in [-0.2, 0) is 0 Å². The summed E-state index contributed by atoms with van der Waals surface area (Å²) in [6.07, 6.45) is 1.93. The predicted octanol–water partition coefficient (Wildman–Crippen LogP) is 2.94. The number of fused-ring (bicyclic) bond motifs is 1. The maximum absolute atomic E-state index is 6.18. The second-order valence-corrected chi connectivity index (χ2v) is 4.60. The quantitative estimate of drug-likeness (QED) is 0.683. The molecule has 0 radical (unpaired) electrons. The lowest BCUT2D eigenvalue weighted by molar-refractivity contribution is 1.11. The van der Waals surface area contributed by atoms with Gasteiger partial charge in [0.2, 0.25) is 0 Å². The van der Waals surface area contributed by atoms with Crippen LogP contribution in [0, 0.1) is 6.92 Å². The maximum Gasteiger partial charge on any atom is 0.169 e. The van der Waals surface area contributed by atoms with E-state index in [1.165, 1.54) is 0 Å². The topological polar surface area (TPSA) is 56.2 Å².